The van der Waals surface area contributed by atoms with Crippen LogP contribution in [0.3, 0.4) is 0 Å². The van der Waals surface area contributed by atoms with E-state index < -0.39 is 20.0 Å². The average Bonchev–Trinajstić information content (AvgIpc) is 2.88. The van der Waals surface area contributed by atoms with Crippen molar-refractivity contribution in [2.75, 3.05) is 13.2 Å². The van der Waals surface area contributed by atoms with Crippen molar-refractivity contribution in [3.05, 3.63) is 11.1 Å². The molecule has 2 aliphatic rings. The fraction of sp³-hybridized carbons (Fsp3) is 0.833. The molecule has 0 unspecified atom stereocenters. The number of ketones is 1. The molecule has 0 bridgehead atoms. The van der Waals surface area contributed by atoms with E-state index >= 15 is 0 Å². The van der Waals surface area contributed by atoms with Gasteiger partial charge >= 0.3 is 0 Å². The van der Waals surface area contributed by atoms with E-state index in [1.165, 1.54) is 0 Å². The minimum Gasteiger partial charge on any atom is -0.410 e. The molecule has 0 radical (unpaired) electrons. The van der Waals surface area contributed by atoms with Crippen LogP contribution in [0.4, 0.5) is 0 Å². The van der Waals surface area contributed by atoms with Crippen molar-refractivity contribution >= 4 is 14.1 Å². The predicted octanol–water partition coefficient (Wildman–Crippen LogP) is 4.07. The summed E-state index contributed by atoms with van der Waals surface area (Å²) in [7, 11) is -1.95. The van der Waals surface area contributed by atoms with Gasteiger partial charge in [-0.05, 0) is 50.0 Å². The zero-order chi connectivity index (χ0) is 17.6. The van der Waals surface area contributed by atoms with Crippen LogP contribution in [0.15, 0.2) is 11.1 Å². The molecule has 1 saturated heterocycles. The lowest BCUT2D eigenvalue weighted by Gasteiger charge is -2.44. The summed E-state index contributed by atoms with van der Waals surface area (Å²) in [5, 5.41) is 0.115. The standard InChI is InChI=1S/C18H32O4Si/c1-12-13(22-23(7,8)17(2,3)4)11-14(19)18(5,6)15(12)16-20-9-10-21-16/h13,16H,9-11H2,1-8H3/t13-/m0/s1. The van der Waals surface area contributed by atoms with E-state index in [9.17, 15) is 4.79 Å². The number of Topliss-reactive ketones (excluding diaryl/α,β-unsaturated/α-hetero) is 1. The van der Waals surface area contributed by atoms with E-state index in [-0.39, 0.29) is 16.9 Å². The van der Waals surface area contributed by atoms with Crippen molar-refractivity contribution < 1.29 is 18.7 Å². The van der Waals surface area contributed by atoms with Gasteiger partial charge in [0.15, 0.2) is 14.6 Å². The van der Waals surface area contributed by atoms with E-state index in [2.05, 4.69) is 40.8 Å². The SMILES string of the molecule is CC1=C(C2OCCO2)C(C)(C)C(=O)C[C@@H]1O[Si](C)(C)C(C)(C)C. The Balaban J connectivity index is 2.38. The number of carbonyl (C=O) groups is 1. The highest BCUT2D eigenvalue weighted by Crippen LogP contribution is 2.45. The summed E-state index contributed by atoms with van der Waals surface area (Å²) < 4.78 is 18.0. The van der Waals surface area contributed by atoms with Gasteiger partial charge in [0.25, 0.3) is 0 Å². The average molecular weight is 341 g/mol. The van der Waals surface area contributed by atoms with Crippen LogP contribution in [0.2, 0.25) is 18.1 Å². The summed E-state index contributed by atoms with van der Waals surface area (Å²) >= 11 is 0. The minimum absolute atomic E-state index is 0.115. The van der Waals surface area contributed by atoms with Gasteiger partial charge in [0, 0.05) is 11.8 Å². The van der Waals surface area contributed by atoms with Gasteiger partial charge in [-0.1, -0.05) is 20.8 Å². The summed E-state index contributed by atoms with van der Waals surface area (Å²) in [6.45, 7) is 18.3. The number of carbonyl (C=O) groups excluding carboxylic acids is 1. The van der Waals surface area contributed by atoms with Crippen molar-refractivity contribution in [1.29, 1.82) is 0 Å². The number of hydrogen-bond donors (Lipinski definition) is 0. The van der Waals surface area contributed by atoms with Gasteiger partial charge in [-0.2, -0.15) is 0 Å². The number of rotatable bonds is 3. The van der Waals surface area contributed by atoms with Crippen molar-refractivity contribution in [1.82, 2.24) is 0 Å². The Hall–Kier alpha value is -0.493. The van der Waals surface area contributed by atoms with E-state index in [0.29, 0.717) is 19.6 Å². The molecule has 2 rings (SSSR count). The van der Waals surface area contributed by atoms with E-state index in [4.69, 9.17) is 13.9 Å². The third-order valence-corrected chi connectivity index (χ3v) is 10.2. The lowest BCUT2D eigenvalue weighted by molar-refractivity contribution is -0.130. The Morgan fingerprint density at radius 1 is 1.17 bits per heavy atom. The smallest absolute Gasteiger partial charge is 0.192 e. The molecule has 5 heteroatoms. The molecule has 1 aliphatic heterocycles. The molecule has 1 heterocycles. The first-order chi connectivity index (χ1) is 10.4. The Morgan fingerprint density at radius 3 is 2.17 bits per heavy atom. The van der Waals surface area contributed by atoms with E-state index in [1.807, 2.05) is 13.8 Å². The first-order valence-electron chi connectivity index (χ1n) is 8.53. The monoisotopic (exact) mass is 340 g/mol. The van der Waals surface area contributed by atoms with Crippen LogP contribution >= 0.6 is 0 Å². The fourth-order valence-corrected chi connectivity index (χ4v) is 4.39. The maximum Gasteiger partial charge on any atom is 0.192 e. The van der Waals surface area contributed by atoms with Crippen LogP contribution in [0.1, 0.15) is 48.0 Å². The molecule has 4 nitrogen and oxygen atoms in total. The Kier molecular flexibility index (Phi) is 5.00. The first kappa shape index (κ1) is 18.8. The molecule has 0 aromatic heterocycles. The highest BCUT2D eigenvalue weighted by molar-refractivity contribution is 6.74. The van der Waals surface area contributed by atoms with Crippen LogP contribution in [-0.2, 0) is 18.7 Å². The van der Waals surface area contributed by atoms with Gasteiger partial charge in [0.2, 0.25) is 0 Å². The molecular weight excluding hydrogens is 308 g/mol. The van der Waals surface area contributed by atoms with Crippen molar-refractivity contribution in [2.24, 2.45) is 5.41 Å². The molecule has 0 amide bonds. The quantitative estimate of drug-likeness (QED) is 0.574. The van der Waals surface area contributed by atoms with Gasteiger partial charge in [0.1, 0.15) is 5.78 Å². The van der Waals surface area contributed by atoms with Crippen molar-refractivity contribution in [3.8, 4) is 0 Å². The molecule has 0 spiro atoms. The second-order valence-corrected chi connectivity index (χ2v) is 13.5. The van der Waals surface area contributed by atoms with Crippen LogP contribution in [0.5, 0.6) is 0 Å². The number of ether oxygens (including phenoxy) is 2. The lowest BCUT2D eigenvalue weighted by atomic mass is 9.70. The number of hydrogen-bond acceptors (Lipinski definition) is 4. The van der Waals surface area contributed by atoms with E-state index in [0.717, 1.165) is 11.1 Å². The summed E-state index contributed by atoms with van der Waals surface area (Å²) in [4.78, 5) is 12.8. The minimum atomic E-state index is -1.95. The fourth-order valence-electron chi connectivity index (χ4n) is 3.06. The van der Waals surface area contributed by atoms with E-state index in [1.54, 1.807) is 0 Å². The van der Waals surface area contributed by atoms with Gasteiger partial charge < -0.3 is 13.9 Å². The predicted molar refractivity (Wildman–Crippen MR) is 93.9 cm³/mol. The third kappa shape index (κ3) is 3.48. The van der Waals surface area contributed by atoms with Crippen molar-refractivity contribution in [2.45, 2.75) is 78.5 Å². The molecule has 1 aliphatic carbocycles. The largest absolute Gasteiger partial charge is 0.410 e. The molecule has 0 aromatic carbocycles. The second-order valence-electron chi connectivity index (χ2n) is 8.79. The molecule has 0 N–H and O–H groups in total. The topological polar surface area (TPSA) is 44.8 Å². The lowest BCUT2D eigenvalue weighted by Crippen LogP contribution is -2.49. The summed E-state index contributed by atoms with van der Waals surface area (Å²) in [6, 6.07) is 0. The van der Waals surface area contributed by atoms with Crippen LogP contribution < -0.4 is 0 Å². The highest BCUT2D eigenvalue weighted by Gasteiger charge is 2.48. The van der Waals surface area contributed by atoms with Gasteiger partial charge in [-0.3, -0.25) is 4.79 Å². The van der Waals surface area contributed by atoms with Gasteiger partial charge in [0.05, 0.1) is 19.3 Å². The molecule has 132 valence electrons. The zero-order valence-electron chi connectivity index (χ0n) is 15.9. The molecule has 1 atom stereocenters. The maximum atomic E-state index is 12.8. The maximum absolute atomic E-state index is 12.8. The first-order valence-corrected chi connectivity index (χ1v) is 11.4. The van der Waals surface area contributed by atoms with Gasteiger partial charge in [-0.25, -0.2) is 0 Å². The van der Waals surface area contributed by atoms with Crippen LogP contribution in [0.25, 0.3) is 0 Å². The third-order valence-electron chi connectivity index (χ3n) is 5.75. The molecule has 1 fully saturated rings. The molecular formula is C18H32O4Si. The zero-order valence-corrected chi connectivity index (χ0v) is 16.9. The summed E-state index contributed by atoms with van der Waals surface area (Å²) in [5.74, 6) is 0.209. The van der Waals surface area contributed by atoms with Gasteiger partial charge in [-0.15, -0.1) is 0 Å². The Labute approximate surface area is 141 Å². The Bertz CT molecular complexity index is 508. The normalized spacial score (nSPS) is 27.0. The molecule has 0 aromatic rings. The summed E-state index contributed by atoms with van der Waals surface area (Å²) in [6.07, 6.45) is -0.111. The highest BCUT2D eigenvalue weighted by atomic mass is 28.4. The van der Waals surface area contributed by atoms with Crippen molar-refractivity contribution in [3.63, 3.8) is 0 Å². The molecule has 0 saturated carbocycles. The van der Waals surface area contributed by atoms with Crippen LogP contribution in [0, 0.1) is 5.41 Å². The second kappa shape index (κ2) is 6.10. The Morgan fingerprint density at radius 2 is 1.70 bits per heavy atom. The van der Waals surface area contributed by atoms with Crippen LogP contribution in [-0.4, -0.2) is 39.7 Å². The summed E-state index contributed by atoms with van der Waals surface area (Å²) in [5.41, 5.74) is 1.54. The molecule has 23 heavy (non-hydrogen) atoms.